The first-order valence-corrected chi connectivity index (χ1v) is 20.4. The van der Waals surface area contributed by atoms with E-state index in [4.69, 9.17) is 11.6 Å². The Balaban J connectivity index is 0.883. The first kappa shape index (κ1) is 40.4. The molecule has 3 fully saturated rings. The lowest BCUT2D eigenvalue weighted by molar-refractivity contribution is -0.929. The zero-order chi connectivity index (χ0) is 41.6. The van der Waals surface area contributed by atoms with Gasteiger partial charge < -0.3 is 34.6 Å². The molecule has 3 aromatic heterocycles. The Morgan fingerprint density at radius 1 is 1.03 bits per heavy atom. The summed E-state index contributed by atoms with van der Waals surface area (Å²) in [5, 5.41) is 19.6. The van der Waals surface area contributed by atoms with Crippen LogP contribution in [0.4, 0.5) is 18.9 Å². The van der Waals surface area contributed by atoms with E-state index in [0.29, 0.717) is 68.0 Å². The van der Waals surface area contributed by atoms with Crippen molar-refractivity contribution in [1.29, 1.82) is 0 Å². The SMILES string of the molecule is Cn1c(-c2cn(-c3nc4ccccc4s3)nc2C(F)(F)F)cnc1C(=O)Nc1ccc(C(=O)N2CCN(C(=O)C3CC[N+](CC(=O)O)(CC4CNC4)CC3)CC2)c(Cl)c1. The molecule has 5 aromatic rings. The van der Waals surface area contributed by atoms with Crippen LogP contribution in [-0.2, 0) is 22.8 Å². The molecule has 20 heteroatoms. The maximum absolute atomic E-state index is 14.2. The molecule has 0 spiro atoms. The number of piperidine rings is 1. The van der Waals surface area contributed by atoms with E-state index < -0.39 is 23.7 Å². The summed E-state index contributed by atoms with van der Waals surface area (Å²) in [6.45, 7) is 5.28. The fourth-order valence-corrected chi connectivity index (χ4v) is 9.44. The van der Waals surface area contributed by atoms with Crippen molar-refractivity contribution in [3.05, 3.63) is 77.0 Å². The number of aromatic nitrogens is 5. The first-order valence-electron chi connectivity index (χ1n) is 19.2. The van der Waals surface area contributed by atoms with E-state index in [1.807, 2.05) is 12.1 Å². The third-order valence-electron chi connectivity index (χ3n) is 11.5. The number of carboxylic acids is 1. The number of benzene rings is 2. The van der Waals surface area contributed by atoms with Gasteiger partial charge in [0.15, 0.2) is 18.1 Å². The average Bonchev–Trinajstić information content (AvgIpc) is 3.93. The summed E-state index contributed by atoms with van der Waals surface area (Å²) >= 11 is 7.75. The van der Waals surface area contributed by atoms with Crippen molar-refractivity contribution < 1.29 is 41.9 Å². The Morgan fingerprint density at radius 2 is 1.75 bits per heavy atom. The van der Waals surface area contributed by atoms with Gasteiger partial charge in [-0.15, -0.1) is 0 Å². The van der Waals surface area contributed by atoms with Crippen LogP contribution in [0.5, 0.6) is 0 Å². The summed E-state index contributed by atoms with van der Waals surface area (Å²) in [6.07, 6.45) is -1.18. The number of imidazole rings is 1. The number of fused-ring (bicyclic) bond motifs is 1. The van der Waals surface area contributed by atoms with Crippen LogP contribution in [0.25, 0.3) is 26.6 Å². The van der Waals surface area contributed by atoms with Gasteiger partial charge >= 0.3 is 12.1 Å². The second kappa shape index (κ2) is 16.0. The van der Waals surface area contributed by atoms with Crippen molar-refractivity contribution in [2.24, 2.45) is 18.9 Å². The van der Waals surface area contributed by atoms with Crippen molar-refractivity contribution in [2.75, 3.05) is 70.8 Å². The molecule has 8 rings (SSSR count). The molecule has 15 nitrogen and oxygen atoms in total. The van der Waals surface area contributed by atoms with Gasteiger partial charge in [0.1, 0.15) is 0 Å². The fraction of sp³-hybridized carbons (Fsp3) is 0.410. The van der Waals surface area contributed by atoms with E-state index in [9.17, 15) is 37.5 Å². The minimum Gasteiger partial charge on any atom is -0.477 e. The number of halogens is 4. The molecule has 0 radical (unpaired) electrons. The van der Waals surface area contributed by atoms with E-state index in [0.717, 1.165) is 29.0 Å². The molecule has 3 saturated heterocycles. The van der Waals surface area contributed by atoms with Gasteiger partial charge in [0.25, 0.3) is 11.8 Å². The first-order chi connectivity index (χ1) is 28.2. The molecule has 3 amide bonds. The van der Waals surface area contributed by atoms with Gasteiger partial charge in [0, 0.05) is 82.9 Å². The summed E-state index contributed by atoms with van der Waals surface area (Å²) in [5.41, 5.74) is -0.379. The van der Waals surface area contributed by atoms with Crippen LogP contribution in [0.15, 0.2) is 54.9 Å². The number of carbonyl (C=O) groups excluding carboxylic acids is 3. The largest absolute Gasteiger partial charge is 0.477 e. The van der Waals surface area contributed by atoms with Crippen LogP contribution in [0.3, 0.4) is 0 Å². The predicted octanol–water partition coefficient (Wildman–Crippen LogP) is 4.62. The Morgan fingerprint density at radius 3 is 2.39 bits per heavy atom. The summed E-state index contributed by atoms with van der Waals surface area (Å²) < 4.78 is 46.3. The molecular weight excluding hydrogens is 813 g/mol. The van der Waals surface area contributed by atoms with Crippen LogP contribution in [0.1, 0.15) is 39.5 Å². The number of alkyl halides is 3. The van der Waals surface area contributed by atoms with E-state index >= 15 is 0 Å². The van der Waals surface area contributed by atoms with Gasteiger partial charge in [0.2, 0.25) is 11.0 Å². The third-order valence-corrected chi connectivity index (χ3v) is 12.8. The highest BCUT2D eigenvalue weighted by Gasteiger charge is 2.43. The third kappa shape index (κ3) is 8.28. The number of hydrogen-bond acceptors (Lipinski definition) is 9. The van der Waals surface area contributed by atoms with E-state index in [1.165, 1.54) is 53.5 Å². The number of nitrogens with zero attached hydrogens (tertiary/aromatic N) is 8. The number of carbonyl (C=O) groups is 4. The number of piperazine rings is 1. The van der Waals surface area contributed by atoms with Crippen molar-refractivity contribution in [3.63, 3.8) is 0 Å². The number of likely N-dealkylation sites (tertiary alicyclic amines) is 1. The number of para-hydroxylation sites is 1. The van der Waals surface area contributed by atoms with Gasteiger partial charge in [0.05, 0.1) is 57.9 Å². The summed E-state index contributed by atoms with van der Waals surface area (Å²) in [6, 6.07) is 11.5. The van der Waals surface area contributed by atoms with Crippen LogP contribution >= 0.6 is 22.9 Å². The highest BCUT2D eigenvalue weighted by molar-refractivity contribution is 7.20. The number of nitrogens with one attached hydrogen (secondary N) is 2. The van der Waals surface area contributed by atoms with Crippen LogP contribution in [-0.4, -0.2) is 133 Å². The fourth-order valence-electron chi connectivity index (χ4n) is 8.29. The Kier molecular flexibility index (Phi) is 11.0. The second-order valence-electron chi connectivity index (χ2n) is 15.4. The molecule has 0 aliphatic carbocycles. The lowest BCUT2D eigenvalue weighted by atomic mass is 9.90. The number of quaternary nitrogens is 1. The molecule has 0 saturated carbocycles. The minimum atomic E-state index is -4.81. The number of aliphatic carboxylic acids is 1. The zero-order valence-electron chi connectivity index (χ0n) is 31.9. The predicted molar refractivity (Wildman–Crippen MR) is 212 cm³/mol. The number of thiazole rings is 1. The molecule has 0 unspecified atom stereocenters. The minimum absolute atomic E-state index is 0.00328. The summed E-state index contributed by atoms with van der Waals surface area (Å²) in [7, 11) is 1.42. The van der Waals surface area contributed by atoms with E-state index in [2.05, 4.69) is 25.7 Å². The van der Waals surface area contributed by atoms with Gasteiger partial charge in [-0.3, -0.25) is 14.4 Å². The molecular formula is C39H41ClF3N10O5S+. The molecule has 3 aliphatic rings. The van der Waals surface area contributed by atoms with Crippen molar-refractivity contribution >= 4 is 62.5 Å². The second-order valence-corrected chi connectivity index (χ2v) is 16.8. The average molecular weight is 854 g/mol. The maximum Gasteiger partial charge on any atom is 0.435 e. The number of anilines is 1. The molecule has 0 bridgehead atoms. The molecule has 6 heterocycles. The molecule has 2 aromatic carbocycles. The van der Waals surface area contributed by atoms with Crippen LogP contribution in [0.2, 0.25) is 5.02 Å². The lowest BCUT2D eigenvalue weighted by Gasteiger charge is -2.46. The molecule has 310 valence electrons. The van der Waals surface area contributed by atoms with Crippen LogP contribution in [0, 0.1) is 11.8 Å². The number of carboxylic acid groups (broad SMARTS) is 1. The zero-order valence-corrected chi connectivity index (χ0v) is 33.5. The monoisotopic (exact) mass is 853 g/mol. The standard InChI is InChI=1S/C39H40ClF3N10O5S/c1-49-30(27-20-52(48-33(27)39(41,42)43)38-47-29-4-2-3-5-31(29)59-38)19-45-34(49)35(56)46-25-6-7-26(28(40)16-25)37(58)51-12-10-50(11-13-51)36(57)24-8-14-53(15-9-24,22-32(54)55)21-23-17-44-18-23/h2-7,16,19-20,23-24,44H,8-15,17-18,21-22H2,1H3,(H-,46,54,55,56,58)/p+1. The van der Waals surface area contributed by atoms with Gasteiger partial charge in [-0.25, -0.2) is 19.4 Å². The Hall–Kier alpha value is -5.37. The lowest BCUT2D eigenvalue weighted by Crippen LogP contribution is -2.62. The highest BCUT2D eigenvalue weighted by Crippen LogP contribution is 2.38. The van der Waals surface area contributed by atoms with Crippen molar-refractivity contribution in [2.45, 2.75) is 19.0 Å². The van der Waals surface area contributed by atoms with Gasteiger partial charge in [-0.05, 0) is 30.3 Å². The Labute approximate surface area is 345 Å². The summed E-state index contributed by atoms with van der Waals surface area (Å²) in [4.78, 5) is 64.1. The molecule has 3 N–H and O–H groups in total. The van der Waals surface area contributed by atoms with Crippen molar-refractivity contribution in [3.8, 4) is 16.4 Å². The topological polar surface area (TPSA) is 168 Å². The van der Waals surface area contributed by atoms with E-state index in [-0.39, 0.29) is 62.8 Å². The van der Waals surface area contributed by atoms with Crippen molar-refractivity contribution in [1.82, 2.24) is 39.4 Å². The molecule has 59 heavy (non-hydrogen) atoms. The summed E-state index contributed by atoms with van der Waals surface area (Å²) in [5.74, 6) is -1.74. The number of hydrogen-bond donors (Lipinski definition) is 3. The van der Waals surface area contributed by atoms with Crippen LogP contribution < -0.4 is 10.6 Å². The normalized spacial score (nSPS) is 20.1. The molecule has 3 aliphatic heterocycles. The number of amides is 3. The number of rotatable bonds is 10. The van der Waals surface area contributed by atoms with E-state index in [1.54, 1.807) is 21.9 Å². The smallest absolute Gasteiger partial charge is 0.435 e. The maximum atomic E-state index is 14.2. The van der Waals surface area contributed by atoms with Gasteiger partial charge in [-0.2, -0.15) is 18.3 Å². The molecule has 0 atom stereocenters. The quantitative estimate of drug-likeness (QED) is 0.170. The Bertz CT molecular complexity index is 2400. The van der Waals surface area contributed by atoms with Gasteiger partial charge in [-0.1, -0.05) is 35.1 Å². The highest BCUT2D eigenvalue weighted by atomic mass is 35.5.